The van der Waals surface area contributed by atoms with Gasteiger partial charge in [0.2, 0.25) is 0 Å². The number of halogens is 1. The van der Waals surface area contributed by atoms with E-state index in [1.54, 1.807) is 18.2 Å². The quantitative estimate of drug-likeness (QED) is 0.759. The Balaban J connectivity index is 2.77. The highest BCUT2D eigenvalue weighted by Gasteiger charge is 2.00. The Bertz CT molecular complexity index is 297. The van der Waals surface area contributed by atoms with Gasteiger partial charge in [0.25, 0.3) is 0 Å². The Hall–Kier alpha value is -0.830. The van der Waals surface area contributed by atoms with Crippen LogP contribution in [0.15, 0.2) is 22.7 Å². The maximum absolute atomic E-state index is 10.5. The minimum absolute atomic E-state index is 0.642. The number of rotatable bonds is 4. The van der Waals surface area contributed by atoms with Gasteiger partial charge in [-0.1, -0.05) is 6.92 Å². The molecule has 3 heteroatoms. The topological polar surface area (TPSA) is 26.3 Å². The molecule has 0 amide bonds. The van der Waals surface area contributed by atoms with Crippen molar-refractivity contribution in [3.05, 3.63) is 28.2 Å². The molecule has 0 fully saturated rings. The number of aldehydes is 1. The van der Waals surface area contributed by atoms with E-state index in [-0.39, 0.29) is 0 Å². The van der Waals surface area contributed by atoms with Crippen molar-refractivity contribution in [2.45, 2.75) is 13.3 Å². The van der Waals surface area contributed by atoms with Crippen molar-refractivity contribution in [2.24, 2.45) is 0 Å². The van der Waals surface area contributed by atoms with Crippen LogP contribution in [-0.2, 0) is 0 Å². The van der Waals surface area contributed by atoms with Gasteiger partial charge in [-0.25, -0.2) is 0 Å². The van der Waals surface area contributed by atoms with Crippen LogP contribution in [0.3, 0.4) is 0 Å². The SMILES string of the molecule is CCCOc1ccc(C=O)c(Br)c1. The Morgan fingerprint density at radius 3 is 2.85 bits per heavy atom. The lowest BCUT2D eigenvalue weighted by Crippen LogP contribution is -1.95. The number of carbonyl (C=O) groups excluding carboxylic acids is 1. The molecule has 0 spiro atoms. The molecule has 0 aromatic heterocycles. The summed E-state index contributed by atoms with van der Waals surface area (Å²) in [7, 11) is 0. The van der Waals surface area contributed by atoms with Gasteiger partial charge in [-0.2, -0.15) is 0 Å². The highest BCUT2D eigenvalue weighted by atomic mass is 79.9. The van der Waals surface area contributed by atoms with Crippen molar-refractivity contribution in [1.82, 2.24) is 0 Å². The van der Waals surface area contributed by atoms with Crippen LogP contribution in [0.1, 0.15) is 23.7 Å². The van der Waals surface area contributed by atoms with Crippen LogP contribution in [0, 0.1) is 0 Å². The van der Waals surface area contributed by atoms with Crippen molar-refractivity contribution in [3.63, 3.8) is 0 Å². The predicted molar refractivity (Wildman–Crippen MR) is 55.3 cm³/mol. The van der Waals surface area contributed by atoms with Gasteiger partial charge in [0.05, 0.1) is 6.61 Å². The van der Waals surface area contributed by atoms with Gasteiger partial charge in [-0.15, -0.1) is 0 Å². The second kappa shape index (κ2) is 5.02. The second-order valence-electron chi connectivity index (χ2n) is 2.65. The highest BCUT2D eigenvalue weighted by molar-refractivity contribution is 9.10. The molecular weight excluding hydrogens is 232 g/mol. The summed E-state index contributed by atoms with van der Waals surface area (Å²) in [5.41, 5.74) is 0.642. The first-order valence-corrected chi connectivity index (χ1v) is 4.94. The molecule has 0 aliphatic heterocycles. The molecule has 0 saturated heterocycles. The van der Waals surface area contributed by atoms with E-state index in [0.717, 1.165) is 22.9 Å². The zero-order valence-electron chi connectivity index (χ0n) is 7.42. The van der Waals surface area contributed by atoms with E-state index < -0.39 is 0 Å². The molecule has 0 aliphatic carbocycles. The monoisotopic (exact) mass is 242 g/mol. The lowest BCUT2D eigenvalue weighted by atomic mass is 10.2. The Morgan fingerprint density at radius 1 is 1.54 bits per heavy atom. The number of hydrogen-bond donors (Lipinski definition) is 0. The first-order chi connectivity index (χ1) is 6.27. The van der Waals surface area contributed by atoms with Crippen LogP contribution in [0.5, 0.6) is 5.75 Å². The van der Waals surface area contributed by atoms with E-state index in [1.807, 2.05) is 0 Å². The van der Waals surface area contributed by atoms with Crippen LogP contribution in [-0.4, -0.2) is 12.9 Å². The van der Waals surface area contributed by atoms with Crippen molar-refractivity contribution in [1.29, 1.82) is 0 Å². The van der Waals surface area contributed by atoms with Crippen molar-refractivity contribution in [3.8, 4) is 5.75 Å². The summed E-state index contributed by atoms with van der Waals surface area (Å²) >= 11 is 3.29. The predicted octanol–water partition coefficient (Wildman–Crippen LogP) is 3.05. The molecule has 0 atom stereocenters. The third-order valence-electron chi connectivity index (χ3n) is 1.57. The molecule has 0 heterocycles. The van der Waals surface area contributed by atoms with Crippen molar-refractivity contribution in [2.75, 3.05) is 6.61 Å². The van der Waals surface area contributed by atoms with Crippen LogP contribution in [0.4, 0.5) is 0 Å². The van der Waals surface area contributed by atoms with Crippen molar-refractivity contribution < 1.29 is 9.53 Å². The summed E-state index contributed by atoms with van der Waals surface area (Å²) in [4.78, 5) is 10.5. The zero-order valence-corrected chi connectivity index (χ0v) is 9.00. The Kier molecular flexibility index (Phi) is 3.96. The van der Waals surface area contributed by atoms with Gasteiger partial charge in [0.1, 0.15) is 5.75 Å². The fourth-order valence-corrected chi connectivity index (χ4v) is 1.36. The second-order valence-corrected chi connectivity index (χ2v) is 3.50. The average molecular weight is 243 g/mol. The van der Waals surface area contributed by atoms with Gasteiger partial charge >= 0.3 is 0 Å². The molecule has 1 aromatic rings. The molecule has 0 aliphatic rings. The first kappa shape index (κ1) is 10.3. The first-order valence-electron chi connectivity index (χ1n) is 4.15. The maximum atomic E-state index is 10.5. The molecule has 0 radical (unpaired) electrons. The Morgan fingerprint density at radius 2 is 2.31 bits per heavy atom. The van der Waals surface area contributed by atoms with Crippen LogP contribution in [0.2, 0.25) is 0 Å². The minimum atomic E-state index is 0.642. The van der Waals surface area contributed by atoms with E-state index >= 15 is 0 Å². The molecule has 0 unspecified atom stereocenters. The smallest absolute Gasteiger partial charge is 0.151 e. The lowest BCUT2D eigenvalue weighted by Gasteiger charge is -2.05. The zero-order chi connectivity index (χ0) is 9.68. The van der Waals surface area contributed by atoms with E-state index in [0.29, 0.717) is 12.2 Å². The molecule has 1 rings (SSSR count). The number of ether oxygens (including phenoxy) is 1. The van der Waals surface area contributed by atoms with Crippen molar-refractivity contribution >= 4 is 22.2 Å². The highest BCUT2D eigenvalue weighted by Crippen LogP contribution is 2.21. The Labute approximate surface area is 86.0 Å². The third kappa shape index (κ3) is 2.84. The van der Waals surface area contributed by atoms with Gasteiger partial charge in [0.15, 0.2) is 6.29 Å². The fourth-order valence-electron chi connectivity index (χ4n) is 0.913. The summed E-state index contributed by atoms with van der Waals surface area (Å²) in [5.74, 6) is 0.791. The van der Waals surface area contributed by atoms with Gasteiger partial charge in [-0.3, -0.25) is 4.79 Å². The van der Waals surface area contributed by atoms with Gasteiger partial charge < -0.3 is 4.74 Å². The van der Waals surface area contributed by atoms with E-state index in [2.05, 4.69) is 22.9 Å². The standard InChI is InChI=1S/C10H11BrO2/c1-2-5-13-9-4-3-8(7-12)10(11)6-9/h3-4,6-7H,2,5H2,1H3. The van der Waals surface area contributed by atoms with Crippen LogP contribution in [0.25, 0.3) is 0 Å². The summed E-state index contributed by atoms with van der Waals surface area (Å²) < 4.78 is 6.16. The van der Waals surface area contributed by atoms with E-state index in [4.69, 9.17) is 4.74 Å². The molecule has 70 valence electrons. The molecule has 0 N–H and O–H groups in total. The van der Waals surface area contributed by atoms with E-state index in [1.165, 1.54) is 0 Å². The molecule has 0 saturated carbocycles. The molecular formula is C10H11BrO2. The minimum Gasteiger partial charge on any atom is -0.494 e. The largest absolute Gasteiger partial charge is 0.494 e. The molecule has 0 bridgehead atoms. The summed E-state index contributed by atoms with van der Waals surface area (Å²) in [6, 6.07) is 5.34. The number of carbonyl (C=O) groups is 1. The summed E-state index contributed by atoms with van der Waals surface area (Å²) in [5, 5.41) is 0. The fraction of sp³-hybridized carbons (Fsp3) is 0.300. The van der Waals surface area contributed by atoms with E-state index in [9.17, 15) is 4.79 Å². The molecule has 13 heavy (non-hydrogen) atoms. The van der Waals surface area contributed by atoms with Crippen LogP contribution >= 0.6 is 15.9 Å². The van der Waals surface area contributed by atoms with Gasteiger partial charge in [-0.05, 0) is 40.5 Å². The normalized spacial score (nSPS) is 9.69. The number of hydrogen-bond acceptors (Lipinski definition) is 2. The summed E-state index contributed by atoms with van der Waals surface area (Å²) in [6.45, 7) is 2.75. The van der Waals surface area contributed by atoms with Crippen LogP contribution < -0.4 is 4.74 Å². The molecule has 2 nitrogen and oxygen atoms in total. The third-order valence-corrected chi connectivity index (χ3v) is 2.26. The lowest BCUT2D eigenvalue weighted by molar-refractivity contribution is 0.112. The average Bonchev–Trinajstić information content (AvgIpc) is 2.15. The number of benzene rings is 1. The molecule has 1 aromatic carbocycles. The van der Waals surface area contributed by atoms with Gasteiger partial charge in [0, 0.05) is 10.0 Å². The maximum Gasteiger partial charge on any atom is 0.151 e. The summed E-state index contributed by atoms with van der Waals surface area (Å²) in [6.07, 6.45) is 1.79.